The van der Waals surface area contributed by atoms with Gasteiger partial charge in [-0.1, -0.05) is 13.5 Å². The van der Waals surface area contributed by atoms with Crippen molar-refractivity contribution < 1.29 is 4.74 Å². The first-order valence-electron chi connectivity index (χ1n) is 5.26. The Morgan fingerprint density at radius 1 is 1.44 bits per heavy atom. The van der Waals surface area contributed by atoms with Gasteiger partial charge in [0.25, 0.3) is 0 Å². The van der Waals surface area contributed by atoms with E-state index in [1.54, 1.807) is 24.3 Å². The van der Waals surface area contributed by atoms with E-state index in [4.69, 9.17) is 10.00 Å². The van der Waals surface area contributed by atoms with Crippen LogP contribution in [-0.4, -0.2) is 19.7 Å². The molecule has 0 aromatic heterocycles. The van der Waals surface area contributed by atoms with Crippen molar-refractivity contribution in [3.05, 3.63) is 42.0 Å². The zero-order chi connectivity index (χ0) is 11.8. The van der Waals surface area contributed by atoms with Crippen molar-refractivity contribution in [1.82, 2.24) is 5.32 Å². The minimum atomic E-state index is 0.499. The number of rotatable bonds is 6. The maximum Gasteiger partial charge on any atom is 0.119 e. The minimum Gasteiger partial charge on any atom is -0.489 e. The summed E-state index contributed by atoms with van der Waals surface area (Å²) >= 11 is 0. The summed E-state index contributed by atoms with van der Waals surface area (Å²) in [5.74, 6) is 0.761. The van der Waals surface area contributed by atoms with Crippen molar-refractivity contribution in [1.29, 1.82) is 5.26 Å². The molecule has 0 spiro atoms. The van der Waals surface area contributed by atoms with Crippen molar-refractivity contribution in [2.45, 2.75) is 6.92 Å². The molecule has 84 valence electrons. The summed E-state index contributed by atoms with van der Waals surface area (Å²) in [6.45, 7) is 8.15. The second-order valence-electron chi connectivity index (χ2n) is 3.46. The lowest BCUT2D eigenvalue weighted by atomic mass is 10.2. The van der Waals surface area contributed by atoms with Gasteiger partial charge in [0.15, 0.2) is 0 Å². The number of hydrogen-bond acceptors (Lipinski definition) is 3. The molecule has 16 heavy (non-hydrogen) atoms. The highest BCUT2D eigenvalue weighted by Crippen LogP contribution is 2.12. The Balaban J connectivity index is 2.37. The Morgan fingerprint density at radius 3 is 2.69 bits per heavy atom. The van der Waals surface area contributed by atoms with Gasteiger partial charge in [0, 0.05) is 6.54 Å². The van der Waals surface area contributed by atoms with Crippen LogP contribution in [0.1, 0.15) is 12.5 Å². The number of nitrogens with one attached hydrogen (secondary N) is 1. The van der Waals surface area contributed by atoms with E-state index in [2.05, 4.69) is 24.9 Å². The molecule has 0 saturated carbocycles. The molecule has 0 unspecified atom stereocenters. The fourth-order valence-electron chi connectivity index (χ4n) is 1.16. The van der Waals surface area contributed by atoms with Crippen molar-refractivity contribution in [2.75, 3.05) is 19.7 Å². The molecule has 0 amide bonds. The summed E-state index contributed by atoms with van der Waals surface area (Å²) in [5.41, 5.74) is 1.64. The lowest BCUT2D eigenvalue weighted by Crippen LogP contribution is -2.18. The summed E-state index contributed by atoms with van der Waals surface area (Å²) in [7, 11) is 0. The fraction of sp³-hybridized carbons (Fsp3) is 0.308. The molecule has 0 aliphatic carbocycles. The van der Waals surface area contributed by atoms with Crippen molar-refractivity contribution in [3.63, 3.8) is 0 Å². The molecule has 1 N–H and O–H groups in total. The Morgan fingerprint density at radius 2 is 2.12 bits per heavy atom. The molecule has 0 saturated heterocycles. The third-order valence-corrected chi connectivity index (χ3v) is 2.05. The van der Waals surface area contributed by atoms with Crippen LogP contribution in [0.15, 0.2) is 36.4 Å². The van der Waals surface area contributed by atoms with Gasteiger partial charge in [-0.05, 0) is 36.4 Å². The van der Waals surface area contributed by atoms with E-state index in [1.165, 1.54) is 0 Å². The zero-order valence-corrected chi connectivity index (χ0v) is 9.49. The van der Waals surface area contributed by atoms with Gasteiger partial charge in [-0.2, -0.15) is 5.26 Å². The molecule has 3 heteroatoms. The van der Waals surface area contributed by atoms with Crippen LogP contribution in [0.2, 0.25) is 0 Å². The topological polar surface area (TPSA) is 45.0 Å². The molecule has 0 bridgehead atoms. The molecule has 0 aliphatic heterocycles. The number of ether oxygens (including phenoxy) is 1. The van der Waals surface area contributed by atoms with Gasteiger partial charge in [-0.3, -0.25) is 0 Å². The summed E-state index contributed by atoms with van der Waals surface area (Å²) in [4.78, 5) is 0. The maximum atomic E-state index is 8.63. The average Bonchev–Trinajstić information content (AvgIpc) is 2.34. The van der Waals surface area contributed by atoms with Gasteiger partial charge in [0.05, 0.1) is 11.6 Å². The molecule has 0 atom stereocenters. The molecule has 0 radical (unpaired) electrons. The predicted octanol–water partition coefficient (Wildman–Crippen LogP) is 2.10. The monoisotopic (exact) mass is 216 g/mol. The molecular weight excluding hydrogens is 200 g/mol. The minimum absolute atomic E-state index is 0.499. The Kier molecular flexibility index (Phi) is 5.10. The second-order valence-corrected chi connectivity index (χ2v) is 3.46. The molecule has 1 aromatic carbocycles. The third kappa shape index (κ3) is 4.16. The van der Waals surface area contributed by atoms with Gasteiger partial charge < -0.3 is 10.1 Å². The highest BCUT2D eigenvalue weighted by Gasteiger charge is 1.97. The van der Waals surface area contributed by atoms with E-state index in [0.29, 0.717) is 12.2 Å². The van der Waals surface area contributed by atoms with Gasteiger partial charge in [-0.15, -0.1) is 0 Å². The van der Waals surface area contributed by atoms with E-state index >= 15 is 0 Å². The van der Waals surface area contributed by atoms with Crippen molar-refractivity contribution >= 4 is 0 Å². The van der Waals surface area contributed by atoms with E-state index in [0.717, 1.165) is 24.4 Å². The number of nitrogens with zero attached hydrogens (tertiary/aromatic N) is 1. The van der Waals surface area contributed by atoms with Crippen LogP contribution in [0.4, 0.5) is 0 Å². The van der Waals surface area contributed by atoms with E-state index < -0.39 is 0 Å². The summed E-state index contributed by atoms with van der Waals surface area (Å²) in [6, 6.07) is 9.12. The van der Waals surface area contributed by atoms with Crippen LogP contribution in [0.5, 0.6) is 5.75 Å². The second kappa shape index (κ2) is 6.65. The van der Waals surface area contributed by atoms with Crippen LogP contribution >= 0.6 is 0 Å². The molecule has 0 heterocycles. The number of hydrogen-bond donors (Lipinski definition) is 1. The third-order valence-electron chi connectivity index (χ3n) is 2.05. The van der Waals surface area contributed by atoms with Crippen LogP contribution in [0.3, 0.4) is 0 Å². The highest BCUT2D eigenvalue weighted by atomic mass is 16.5. The Hall–Kier alpha value is -1.79. The lowest BCUT2D eigenvalue weighted by molar-refractivity contribution is 0.348. The SMILES string of the molecule is C=C(CNCC)COc1ccc(C#N)cc1. The van der Waals surface area contributed by atoms with Crippen LogP contribution in [0, 0.1) is 11.3 Å². The molecule has 0 fully saturated rings. The summed E-state index contributed by atoms with van der Waals surface area (Å²) < 4.78 is 5.52. The quantitative estimate of drug-likeness (QED) is 0.741. The maximum absolute atomic E-state index is 8.63. The molecule has 1 rings (SSSR count). The number of benzene rings is 1. The average molecular weight is 216 g/mol. The summed E-state index contributed by atoms with van der Waals surface area (Å²) in [6.07, 6.45) is 0. The van der Waals surface area contributed by atoms with Crippen LogP contribution in [0.25, 0.3) is 0 Å². The smallest absolute Gasteiger partial charge is 0.119 e. The number of nitriles is 1. The number of likely N-dealkylation sites (N-methyl/N-ethyl adjacent to an activating group) is 1. The van der Waals surface area contributed by atoms with Gasteiger partial charge in [-0.25, -0.2) is 0 Å². The van der Waals surface area contributed by atoms with Crippen LogP contribution < -0.4 is 10.1 Å². The van der Waals surface area contributed by atoms with E-state index in [9.17, 15) is 0 Å². The Labute approximate surface area is 96.4 Å². The normalized spacial score (nSPS) is 9.50. The first kappa shape index (κ1) is 12.3. The molecule has 3 nitrogen and oxygen atoms in total. The van der Waals surface area contributed by atoms with E-state index in [-0.39, 0.29) is 0 Å². The Bertz CT molecular complexity index is 376. The van der Waals surface area contributed by atoms with Crippen LogP contribution in [-0.2, 0) is 0 Å². The molecule has 0 aliphatic rings. The lowest BCUT2D eigenvalue weighted by Gasteiger charge is -2.08. The first-order valence-corrected chi connectivity index (χ1v) is 5.26. The van der Waals surface area contributed by atoms with Gasteiger partial charge in [0.1, 0.15) is 12.4 Å². The standard InChI is InChI=1S/C13H16N2O/c1-3-15-9-11(2)10-16-13-6-4-12(8-14)5-7-13/h4-7,15H,2-3,9-10H2,1H3. The highest BCUT2D eigenvalue weighted by molar-refractivity contribution is 5.34. The largest absolute Gasteiger partial charge is 0.489 e. The molecular formula is C13H16N2O. The summed E-state index contributed by atoms with van der Waals surface area (Å²) in [5, 5.41) is 11.8. The molecule has 1 aromatic rings. The van der Waals surface area contributed by atoms with E-state index in [1.807, 2.05) is 0 Å². The van der Waals surface area contributed by atoms with Crippen molar-refractivity contribution in [2.24, 2.45) is 0 Å². The fourth-order valence-corrected chi connectivity index (χ4v) is 1.16. The van der Waals surface area contributed by atoms with Gasteiger partial charge in [0.2, 0.25) is 0 Å². The first-order chi connectivity index (χ1) is 7.76. The van der Waals surface area contributed by atoms with Gasteiger partial charge >= 0.3 is 0 Å². The zero-order valence-electron chi connectivity index (χ0n) is 9.49. The predicted molar refractivity (Wildman–Crippen MR) is 64.3 cm³/mol. The van der Waals surface area contributed by atoms with Crippen molar-refractivity contribution in [3.8, 4) is 11.8 Å².